The summed E-state index contributed by atoms with van der Waals surface area (Å²) in [5, 5.41) is 15.5. The Morgan fingerprint density at radius 2 is 1.96 bits per heavy atom. The van der Waals surface area contributed by atoms with Gasteiger partial charge in [0.1, 0.15) is 5.75 Å². The second kappa shape index (κ2) is 6.84. The van der Waals surface area contributed by atoms with Crippen molar-refractivity contribution < 1.29 is 14.4 Å². The van der Waals surface area contributed by atoms with E-state index >= 15 is 0 Å². The molecule has 0 unspecified atom stereocenters. The number of hydrogen-bond donors (Lipinski definition) is 1. The summed E-state index contributed by atoms with van der Waals surface area (Å²) in [6, 6.07) is 16.1. The molecule has 0 saturated carbocycles. The normalized spacial score (nSPS) is 15.8. The van der Waals surface area contributed by atoms with Gasteiger partial charge in [0, 0.05) is 12.1 Å². The average molecular weight is 321 g/mol. The van der Waals surface area contributed by atoms with E-state index in [0.717, 1.165) is 17.0 Å². The van der Waals surface area contributed by atoms with E-state index < -0.39 is 6.10 Å². The number of anilines is 1. The highest BCUT2D eigenvalue weighted by Crippen LogP contribution is 2.20. The third-order valence-electron chi connectivity index (χ3n) is 3.67. The van der Waals surface area contributed by atoms with Gasteiger partial charge in [-0.1, -0.05) is 5.16 Å². The maximum atomic E-state index is 12.3. The first-order valence-corrected chi connectivity index (χ1v) is 7.38. The number of carbonyl (C=O) groups excluding carboxylic acids is 1. The van der Waals surface area contributed by atoms with E-state index in [1.807, 2.05) is 30.3 Å². The molecular formula is C18H15N3O3. The number of nitriles is 1. The molecule has 0 aliphatic carbocycles. The molecule has 3 rings (SSSR count). The van der Waals surface area contributed by atoms with Crippen molar-refractivity contribution in [1.29, 1.82) is 5.26 Å². The molecule has 1 amide bonds. The summed E-state index contributed by atoms with van der Waals surface area (Å²) in [5.74, 6) is 0.486. The van der Waals surface area contributed by atoms with E-state index in [1.165, 1.54) is 0 Å². The molecule has 6 heteroatoms. The Morgan fingerprint density at radius 1 is 1.25 bits per heavy atom. The number of ether oxygens (including phenoxy) is 1. The standard InChI is InChI=1S/C18H15N3O3/c1-23-15-8-4-13(5-9-15)16-10-17(24-21-16)18(22)20-14-6-2-12(11-19)3-7-14/h2-9,17H,10H2,1H3,(H,20,22)/t17-/m1/s1. The molecule has 24 heavy (non-hydrogen) atoms. The van der Waals surface area contributed by atoms with Crippen molar-refractivity contribution >= 4 is 17.3 Å². The second-order valence-corrected chi connectivity index (χ2v) is 5.24. The van der Waals surface area contributed by atoms with Gasteiger partial charge in [-0.05, 0) is 54.1 Å². The fraction of sp³-hybridized carbons (Fsp3) is 0.167. The van der Waals surface area contributed by atoms with Crippen LogP contribution in [0.15, 0.2) is 53.7 Å². The maximum Gasteiger partial charge on any atom is 0.268 e. The molecule has 1 aliphatic rings. The first-order chi connectivity index (χ1) is 11.7. The van der Waals surface area contributed by atoms with Crippen LogP contribution in [0.5, 0.6) is 5.75 Å². The van der Waals surface area contributed by atoms with Crippen LogP contribution >= 0.6 is 0 Å². The Kier molecular flexibility index (Phi) is 4.43. The van der Waals surface area contributed by atoms with Crippen molar-refractivity contribution in [2.75, 3.05) is 12.4 Å². The molecule has 1 aliphatic heterocycles. The number of oxime groups is 1. The van der Waals surface area contributed by atoms with E-state index in [1.54, 1.807) is 31.4 Å². The first kappa shape index (κ1) is 15.6. The fourth-order valence-corrected chi connectivity index (χ4v) is 2.32. The number of rotatable bonds is 4. The quantitative estimate of drug-likeness (QED) is 0.938. The molecule has 0 saturated heterocycles. The van der Waals surface area contributed by atoms with Crippen molar-refractivity contribution in [1.82, 2.24) is 0 Å². The summed E-state index contributed by atoms with van der Waals surface area (Å²) < 4.78 is 5.12. The molecule has 1 atom stereocenters. The number of nitrogens with one attached hydrogen (secondary N) is 1. The van der Waals surface area contributed by atoms with Gasteiger partial charge < -0.3 is 14.9 Å². The zero-order chi connectivity index (χ0) is 16.9. The summed E-state index contributed by atoms with van der Waals surface area (Å²) in [4.78, 5) is 17.5. The maximum absolute atomic E-state index is 12.3. The summed E-state index contributed by atoms with van der Waals surface area (Å²) in [6.45, 7) is 0. The van der Waals surface area contributed by atoms with Gasteiger partial charge in [0.25, 0.3) is 5.91 Å². The molecule has 6 nitrogen and oxygen atoms in total. The van der Waals surface area contributed by atoms with Crippen LogP contribution in [0.25, 0.3) is 0 Å². The largest absolute Gasteiger partial charge is 0.497 e. The van der Waals surface area contributed by atoms with E-state index in [9.17, 15) is 4.79 Å². The molecular weight excluding hydrogens is 306 g/mol. The molecule has 0 fully saturated rings. The summed E-state index contributed by atoms with van der Waals surface area (Å²) >= 11 is 0. The number of nitrogens with zero attached hydrogens (tertiary/aromatic N) is 2. The zero-order valence-corrected chi connectivity index (χ0v) is 13.0. The summed E-state index contributed by atoms with van der Waals surface area (Å²) in [6.07, 6.45) is -0.271. The average Bonchev–Trinajstić information content (AvgIpc) is 3.13. The molecule has 0 aromatic heterocycles. The highest BCUT2D eigenvalue weighted by molar-refractivity contribution is 6.06. The lowest BCUT2D eigenvalue weighted by Gasteiger charge is -2.09. The molecule has 1 N–H and O–H groups in total. The van der Waals surface area contributed by atoms with Crippen LogP contribution in [0.1, 0.15) is 17.5 Å². The number of amides is 1. The van der Waals surface area contributed by atoms with Crippen molar-refractivity contribution in [3.8, 4) is 11.8 Å². The van der Waals surface area contributed by atoms with Gasteiger partial charge >= 0.3 is 0 Å². The van der Waals surface area contributed by atoms with Crippen LogP contribution in [0.2, 0.25) is 0 Å². The smallest absolute Gasteiger partial charge is 0.268 e. The van der Waals surface area contributed by atoms with Crippen molar-refractivity contribution in [2.45, 2.75) is 12.5 Å². The van der Waals surface area contributed by atoms with Gasteiger partial charge in [-0.2, -0.15) is 5.26 Å². The minimum Gasteiger partial charge on any atom is -0.497 e. The van der Waals surface area contributed by atoms with Crippen LogP contribution in [-0.2, 0) is 9.63 Å². The van der Waals surface area contributed by atoms with Crippen molar-refractivity contribution in [2.24, 2.45) is 5.16 Å². The molecule has 120 valence electrons. The lowest BCUT2D eigenvalue weighted by atomic mass is 10.0. The van der Waals surface area contributed by atoms with Gasteiger partial charge in [0.05, 0.1) is 24.5 Å². The van der Waals surface area contributed by atoms with Gasteiger partial charge in [0.15, 0.2) is 0 Å². The van der Waals surface area contributed by atoms with Crippen molar-refractivity contribution in [3.63, 3.8) is 0 Å². The van der Waals surface area contributed by atoms with Crippen molar-refractivity contribution in [3.05, 3.63) is 59.7 Å². The van der Waals surface area contributed by atoms with Crippen LogP contribution in [-0.4, -0.2) is 24.8 Å². The predicted octanol–water partition coefficient (Wildman–Crippen LogP) is 2.70. The lowest BCUT2D eigenvalue weighted by molar-refractivity contribution is -0.125. The van der Waals surface area contributed by atoms with Gasteiger partial charge in [-0.15, -0.1) is 0 Å². The van der Waals surface area contributed by atoms with E-state index in [2.05, 4.69) is 10.5 Å². The van der Waals surface area contributed by atoms with Gasteiger partial charge in [0.2, 0.25) is 6.10 Å². The topological polar surface area (TPSA) is 83.7 Å². The first-order valence-electron chi connectivity index (χ1n) is 7.38. The number of carbonyl (C=O) groups is 1. The lowest BCUT2D eigenvalue weighted by Crippen LogP contribution is -2.28. The van der Waals surface area contributed by atoms with E-state index in [0.29, 0.717) is 17.7 Å². The molecule has 2 aromatic carbocycles. The SMILES string of the molecule is COc1ccc(C2=NO[C@@H](C(=O)Nc3ccc(C#N)cc3)C2)cc1. The fourth-order valence-electron chi connectivity index (χ4n) is 2.32. The number of benzene rings is 2. The number of hydrogen-bond acceptors (Lipinski definition) is 5. The van der Waals surface area contributed by atoms with Crippen LogP contribution in [0.3, 0.4) is 0 Å². The summed E-state index contributed by atoms with van der Waals surface area (Å²) in [5.41, 5.74) is 2.76. The number of methoxy groups -OCH3 is 1. The Morgan fingerprint density at radius 3 is 2.58 bits per heavy atom. The third-order valence-corrected chi connectivity index (χ3v) is 3.67. The molecule has 0 bridgehead atoms. The summed E-state index contributed by atoms with van der Waals surface area (Å²) in [7, 11) is 1.61. The van der Waals surface area contributed by atoms with Crippen LogP contribution in [0.4, 0.5) is 5.69 Å². The highest BCUT2D eigenvalue weighted by Gasteiger charge is 2.28. The van der Waals surface area contributed by atoms with E-state index in [4.69, 9.17) is 14.8 Å². The molecule has 0 radical (unpaired) electrons. The van der Waals surface area contributed by atoms with Gasteiger partial charge in [-0.3, -0.25) is 4.79 Å². The minimum atomic E-state index is -0.669. The second-order valence-electron chi connectivity index (χ2n) is 5.24. The molecule has 2 aromatic rings. The molecule has 1 heterocycles. The van der Waals surface area contributed by atoms with Crippen LogP contribution < -0.4 is 10.1 Å². The Labute approximate surface area is 139 Å². The highest BCUT2D eigenvalue weighted by atomic mass is 16.6. The van der Waals surface area contributed by atoms with E-state index in [-0.39, 0.29) is 5.91 Å². The Hall–Kier alpha value is -3.33. The third kappa shape index (κ3) is 3.36. The zero-order valence-electron chi connectivity index (χ0n) is 13.0. The van der Waals surface area contributed by atoms with Gasteiger partial charge in [-0.25, -0.2) is 0 Å². The predicted molar refractivity (Wildman–Crippen MR) is 88.8 cm³/mol. The minimum absolute atomic E-state index is 0.271. The molecule has 0 spiro atoms. The Balaban J connectivity index is 1.61. The van der Waals surface area contributed by atoms with Crippen LogP contribution in [0, 0.1) is 11.3 Å². The Bertz CT molecular complexity index is 805. The monoisotopic (exact) mass is 321 g/mol.